The Morgan fingerprint density at radius 3 is 2.71 bits per heavy atom. The lowest BCUT2D eigenvalue weighted by molar-refractivity contribution is -0.141. The van der Waals surface area contributed by atoms with Gasteiger partial charge in [0.05, 0.1) is 5.70 Å². The highest BCUT2D eigenvalue weighted by atomic mass is 32.2. The summed E-state index contributed by atoms with van der Waals surface area (Å²) in [6.45, 7) is 3.71. The third-order valence-corrected chi connectivity index (χ3v) is 5.24. The van der Waals surface area contributed by atoms with Crippen LogP contribution in [-0.2, 0) is 17.5 Å². The molecule has 2 heterocycles. The largest absolute Gasteiger partial charge is 0.585 e. The highest BCUT2D eigenvalue weighted by Crippen LogP contribution is 2.37. The summed E-state index contributed by atoms with van der Waals surface area (Å²) in [5.41, 5.74) is -0.539. The first-order valence-electron chi connectivity index (χ1n) is 5.91. The zero-order valence-corrected chi connectivity index (χ0v) is 12.8. The number of allylic oxidation sites excluding steroid dienone is 2. The minimum absolute atomic E-state index is 0.349. The molecule has 21 heavy (non-hydrogen) atoms. The van der Waals surface area contributed by atoms with Crippen LogP contribution in [0.2, 0.25) is 0 Å². The normalized spacial score (nSPS) is 17.5. The van der Waals surface area contributed by atoms with Crippen molar-refractivity contribution >= 4 is 23.1 Å². The SMILES string of the molecule is CCC1=C(C)SCN1[S+]([O-])c1nc(O)cc(C(F)(F)F)n1. The fourth-order valence-corrected chi connectivity index (χ4v) is 4.30. The van der Waals surface area contributed by atoms with Gasteiger partial charge in [0.2, 0.25) is 5.88 Å². The van der Waals surface area contributed by atoms with Gasteiger partial charge in [0.1, 0.15) is 5.88 Å². The van der Waals surface area contributed by atoms with Crippen LogP contribution in [0.4, 0.5) is 13.2 Å². The summed E-state index contributed by atoms with van der Waals surface area (Å²) in [6, 6.07) is 0.404. The van der Waals surface area contributed by atoms with Gasteiger partial charge < -0.3 is 9.66 Å². The monoisotopic (exact) mass is 339 g/mol. The number of rotatable bonds is 3. The number of thioether (sulfide) groups is 1. The van der Waals surface area contributed by atoms with Crippen molar-refractivity contribution in [2.45, 2.75) is 31.6 Å². The number of hydrogen-bond acceptors (Lipinski definition) is 6. The van der Waals surface area contributed by atoms with Gasteiger partial charge in [-0.3, -0.25) is 0 Å². The molecule has 0 radical (unpaired) electrons. The summed E-state index contributed by atoms with van der Waals surface area (Å²) >= 11 is -0.545. The molecule has 0 spiro atoms. The van der Waals surface area contributed by atoms with Crippen LogP contribution < -0.4 is 0 Å². The zero-order chi connectivity index (χ0) is 15.8. The smallest absolute Gasteiger partial charge is 0.433 e. The van der Waals surface area contributed by atoms with Crippen molar-refractivity contribution in [2.75, 3.05) is 5.88 Å². The number of halogens is 3. The van der Waals surface area contributed by atoms with E-state index in [9.17, 15) is 22.8 Å². The van der Waals surface area contributed by atoms with E-state index in [4.69, 9.17) is 0 Å². The topological polar surface area (TPSA) is 72.3 Å². The van der Waals surface area contributed by atoms with Gasteiger partial charge in [-0.15, -0.1) is 16.7 Å². The Morgan fingerprint density at radius 2 is 2.14 bits per heavy atom. The Bertz CT molecular complexity index is 580. The highest BCUT2D eigenvalue weighted by Gasteiger charge is 2.38. The Morgan fingerprint density at radius 1 is 1.48 bits per heavy atom. The molecule has 1 aromatic heterocycles. The first kappa shape index (κ1) is 16.2. The molecule has 0 saturated heterocycles. The molecule has 1 atom stereocenters. The lowest BCUT2D eigenvalue weighted by atomic mass is 10.3. The van der Waals surface area contributed by atoms with E-state index in [1.807, 2.05) is 13.8 Å². The predicted molar refractivity (Wildman–Crippen MR) is 72.4 cm³/mol. The molecule has 1 unspecified atom stereocenters. The number of hydrogen-bond donors (Lipinski definition) is 1. The van der Waals surface area contributed by atoms with Gasteiger partial charge in [0, 0.05) is 11.0 Å². The molecular formula is C11H12F3N3O2S2. The maximum absolute atomic E-state index is 12.7. The first-order chi connectivity index (χ1) is 9.74. The number of alkyl halides is 3. The average Bonchev–Trinajstić information content (AvgIpc) is 2.77. The van der Waals surface area contributed by atoms with Gasteiger partial charge >= 0.3 is 11.3 Å². The van der Waals surface area contributed by atoms with E-state index in [-0.39, 0.29) is 0 Å². The molecule has 1 N–H and O–H groups in total. The van der Waals surface area contributed by atoms with Crippen LogP contribution >= 0.6 is 11.8 Å². The third-order valence-electron chi connectivity index (χ3n) is 2.78. The Labute approximate surface area is 126 Å². The molecule has 0 fully saturated rings. The van der Waals surface area contributed by atoms with E-state index in [0.717, 1.165) is 10.6 Å². The summed E-state index contributed by atoms with van der Waals surface area (Å²) in [4.78, 5) is 7.69. The molecule has 1 aromatic rings. The molecule has 0 amide bonds. The first-order valence-corrected chi connectivity index (χ1v) is 8.00. The summed E-state index contributed by atoms with van der Waals surface area (Å²) in [5, 5.41) is 8.75. The van der Waals surface area contributed by atoms with E-state index >= 15 is 0 Å². The van der Waals surface area contributed by atoms with Crippen molar-refractivity contribution in [2.24, 2.45) is 0 Å². The van der Waals surface area contributed by atoms with Gasteiger partial charge in [0.25, 0.3) is 0 Å². The van der Waals surface area contributed by atoms with Crippen LogP contribution in [0.5, 0.6) is 5.88 Å². The fraction of sp³-hybridized carbons (Fsp3) is 0.455. The van der Waals surface area contributed by atoms with Crippen LogP contribution in [-0.4, -0.2) is 29.8 Å². The van der Waals surface area contributed by atoms with E-state index in [1.54, 1.807) is 0 Å². The van der Waals surface area contributed by atoms with E-state index in [1.165, 1.54) is 16.1 Å². The van der Waals surface area contributed by atoms with Crippen molar-refractivity contribution in [3.05, 3.63) is 22.4 Å². The molecule has 5 nitrogen and oxygen atoms in total. The molecular weight excluding hydrogens is 327 g/mol. The standard InChI is InChI=1S/C11H12F3N3O2S2/c1-3-7-6(2)20-5-17(7)21(19)10-15-8(11(12,13)14)4-9(18)16-10/h4H,3,5H2,1-2H3,(H,15,16,18). The van der Waals surface area contributed by atoms with E-state index in [2.05, 4.69) is 9.97 Å². The fourth-order valence-electron chi connectivity index (χ4n) is 1.80. The quantitative estimate of drug-likeness (QED) is 0.674. The van der Waals surface area contributed by atoms with Gasteiger partial charge in [-0.1, -0.05) is 6.92 Å². The maximum atomic E-state index is 12.7. The van der Waals surface area contributed by atoms with Crippen LogP contribution in [0.1, 0.15) is 26.0 Å². The Balaban J connectivity index is 2.36. The van der Waals surface area contributed by atoms with Crippen LogP contribution in [0.25, 0.3) is 0 Å². The molecule has 0 saturated carbocycles. The third kappa shape index (κ3) is 3.38. The zero-order valence-electron chi connectivity index (χ0n) is 11.1. The van der Waals surface area contributed by atoms with Crippen molar-refractivity contribution in [1.29, 1.82) is 0 Å². The molecule has 0 aromatic carbocycles. The minimum Gasteiger partial charge on any atom is -0.585 e. The van der Waals surface area contributed by atoms with Crippen molar-refractivity contribution in [3.8, 4) is 5.88 Å². The minimum atomic E-state index is -4.74. The predicted octanol–water partition coefficient (Wildman–Crippen LogP) is 2.87. The summed E-state index contributed by atoms with van der Waals surface area (Å²) in [5.74, 6) is -0.506. The van der Waals surface area contributed by atoms with Crippen molar-refractivity contribution in [1.82, 2.24) is 14.3 Å². The second-order valence-corrected chi connectivity index (χ2v) is 6.61. The molecule has 1 aliphatic heterocycles. The lowest BCUT2D eigenvalue weighted by Gasteiger charge is -2.21. The molecule has 1 aliphatic rings. The van der Waals surface area contributed by atoms with E-state index in [0.29, 0.717) is 18.4 Å². The van der Waals surface area contributed by atoms with Crippen molar-refractivity contribution in [3.63, 3.8) is 0 Å². The molecule has 2 rings (SSSR count). The Hall–Kier alpha value is -1.13. The molecule has 116 valence electrons. The van der Waals surface area contributed by atoms with Crippen LogP contribution in [0, 0.1) is 0 Å². The Kier molecular flexibility index (Phi) is 4.59. The summed E-state index contributed by atoms with van der Waals surface area (Å²) in [7, 11) is 0. The van der Waals surface area contributed by atoms with E-state index < -0.39 is 34.3 Å². The molecule has 0 bridgehead atoms. The second-order valence-electron chi connectivity index (χ2n) is 4.15. The molecule has 0 aliphatic carbocycles. The van der Waals surface area contributed by atoms with Crippen LogP contribution in [0.15, 0.2) is 21.8 Å². The van der Waals surface area contributed by atoms with Gasteiger partial charge in [-0.2, -0.15) is 22.5 Å². The number of aromatic nitrogens is 2. The molecule has 10 heteroatoms. The van der Waals surface area contributed by atoms with Gasteiger partial charge in [0.15, 0.2) is 17.1 Å². The van der Waals surface area contributed by atoms with Crippen LogP contribution in [0.3, 0.4) is 0 Å². The summed E-state index contributed by atoms with van der Waals surface area (Å²) < 4.78 is 51.8. The average molecular weight is 339 g/mol. The van der Waals surface area contributed by atoms with Gasteiger partial charge in [-0.25, -0.2) is 0 Å². The maximum Gasteiger partial charge on any atom is 0.433 e. The summed E-state index contributed by atoms with van der Waals surface area (Å²) in [6.07, 6.45) is -4.14. The number of aromatic hydroxyl groups is 1. The number of nitrogens with zero attached hydrogens (tertiary/aromatic N) is 3. The highest BCUT2D eigenvalue weighted by molar-refractivity contribution is 8.04. The lowest BCUT2D eigenvalue weighted by Crippen LogP contribution is -2.29. The van der Waals surface area contributed by atoms with Crippen molar-refractivity contribution < 1.29 is 22.8 Å². The second kappa shape index (κ2) is 5.93. The van der Waals surface area contributed by atoms with Gasteiger partial charge in [-0.05, 0) is 13.3 Å².